The van der Waals surface area contributed by atoms with E-state index in [9.17, 15) is 4.79 Å². The molecule has 0 bridgehead atoms. The number of nitrogens with one attached hydrogen (secondary N) is 1. The molecule has 1 aromatic rings. The lowest BCUT2D eigenvalue weighted by Gasteiger charge is -2.09. The molecule has 2 unspecified atom stereocenters. The molecular formula is C11H12N2O2. The standard InChI is InChI=1S/C11H12N2O2/c14-11(12-8-4-2-1-3-5-8)13-9-6-15-7-10(9)13/h1-5,9-10H,6-7H2,(H,12,14). The van der Waals surface area contributed by atoms with Crippen molar-refractivity contribution < 1.29 is 9.53 Å². The van der Waals surface area contributed by atoms with E-state index < -0.39 is 0 Å². The van der Waals surface area contributed by atoms with Crippen molar-refractivity contribution in [2.75, 3.05) is 18.5 Å². The van der Waals surface area contributed by atoms with Crippen LogP contribution in [0.15, 0.2) is 30.3 Å². The minimum absolute atomic E-state index is 0.0144. The Morgan fingerprint density at radius 2 is 1.93 bits per heavy atom. The molecule has 78 valence electrons. The third-order valence-corrected chi connectivity index (χ3v) is 2.91. The maximum Gasteiger partial charge on any atom is 0.322 e. The van der Waals surface area contributed by atoms with Gasteiger partial charge in [-0.25, -0.2) is 4.79 Å². The van der Waals surface area contributed by atoms with Crippen molar-refractivity contribution in [1.29, 1.82) is 0 Å². The molecule has 2 fully saturated rings. The van der Waals surface area contributed by atoms with Crippen LogP contribution < -0.4 is 5.32 Å². The van der Waals surface area contributed by atoms with E-state index in [4.69, 9.17) is 4.74 Å². The fourth-order valence-electron chi connectivity index (χ4n) is 2.04. The molecule has 2 aliphatic heterocycles. The van der Waals surface area contributed by atoms with Crippen LogP contribution in [0.5, 0.6) is 0 Å². The first-order chi connectivity index (χ1) is 7.36. The Labute approximate surface area is 87.8 Å². The first-order valence-corrected chi connectivity index (χ1v) is 5.08. The third-order valence-electron chi connectivity index (χ3n) is 2.91. The number of hydrogen-bond donors (Lipinski definition) is 1. The summed E-state index contributed by atoms with van der Waals surface area (Å²) in [7, 11) is 0. The highest BCUT2D eigenvalue weighted by molar-refractivity contribution is 5.91. The molecule has 3 rings (SSSR count). The van der Waals surface area contributed by atoms with E-state index in [1.807, 2.05) is 35.2 Å². The number of morpholine rings is 1. The number of amides is 2. The Morgan fingerprint density at radius 3 is 2.60 bits per heavy atom. The molecule has 1 aromatic carbocycles. The molecule has 15 heavy (non-hydrogen) atoms. The number of hydrogen-bond acceptors (Lipinski definition) is 2. The van der Waals surface area contributed by atoms with Crippen molar-refractivity contribution in [2.45, 2.75) is 12.1 Å². The number of carbonyl (C=O) groups is 1. The molecule has 0 aromatic heterocycles. The highest BCUT2D eigenvalue weighted by Crippen LogP contribution is 2.34. The summed E-state index contributed by atoms with van der Waals surface area (Å²) in [6, 6.07) is 10.1. The Morgan fingerprint density at radius 1 is 1.27 bits per heavy atom. The highest BCUT2D eigenvalue weighted by Gasteiger charge is 2.54. The van der Waals surface area contributed by atoms with Gasteiger partial charge >= 0.3 is 6.03 Å². The molecule has 0 aliphatic carbocycles. The van der Waals surface area contributed by atoms with Crippen LogP contribution in [0.2, 0.25) is 0 Å². The number of para-hydroxylation sites is 1. The summed E-state index contributed by atoms with van der Waals surface area (Å²) < 4.78 is 5.22. The van der Waals surface area contributed by atoms with E-state index in [-0.39, 0.29) is 6.03 Å². The maximum absolute atomic E-state index is 11.7. The molecule has 1 N–H and O–H groups in total. The minimum Gasteiger partial charge on any atom is -0.377 e. The summed E-state index contributed by atoms with van der Waals surface area (Å²) in [5.74, 6) is 0. The monoisotopic (exact) mass is 204 g/mol. The molecule has 2 aliphatic rings. The van der Waals surface area contributed by atoms with Crippen molar-refractivity contribution in [3.63, 3.8) is 0 Å². The van der Waals surface area contributed by atoms with E-state index in [0.29, 0.717) is 25.3 Å². The van der Waals surface area contributed by atoms with Crippen LogP contribution in [-0.4, -0.2) is 36.2 Å². The van der Waals surface area contributed by atoms with Gasteiger partial charge in [-0.05, 0) is 12.1 Å². The first-order valence-electron chi connectivity index (χ1n) is 5.08. The largest absolute Gasteiger partial charge is 0.377 e. The average Bonchev–Trinajstić information content (AvgIpc) is 2.75. The Kier molecular flexibility index (Phi) is 1.89. The lowest BCUT2D eigenvalue weighted by Crippen LogP contribution is -2.25. The van der Waals surface area contributed by atoms with Gasteiger partial charge in [0.15, 0.2) is 0 Å². The molecule has 2 saturated heterocycles. The topological polar surface area (TPSA) is 41.3 Å². The number of benzene rings is 1. The van der Waals surface area contributed by atoms with Gasteiger partial charge in [-0.3, -0.25) is 0 Å². The van der Waals surface area contributed by atoms with Crippen LogP contribution in [0, 0.1) is 0 Å². The third kappa shape index (κ3) is 1.47. The Balaban J connectivity index is 1.63. The number of urea groups is 1. The lowest BCUT2D eigenvalue weighted by atomic mass is 10.3. The van der Waals surface area contributed by atoms with Crippen molar-refractivity contribution >= 4 is 11.7 Å². The zero-order valence-electron chi connectivity index (χ0n) is 8.22. The van der Waals surface area contributed by atoms with Crippen LogP contribution in [0.25, 0.3) is 0 Å². The van der Waals surface area contributed by atoms with Crippen LogP contribution >= 0.6 is 0 Å². The fraction of sp³-hybridized carbons (Fsp3) is 0.364. The molecule has 0 radical (unpaired) electrons. The normalized spacial score (nSPS) is 27.3. The summed E-state index contributed by atoms with van der Waals surface area (Å²) in [4.78, 5) is 13.6. The lowest BCUT2D eigenvalue weighted by molar-refractivity contribution is 0.142. The quantitative estimate of drug-likeness (QED) is 0.700. The van der Waals surface area contributed by atoms with Crippen LogP contribution in [0.1, 0.15) is 0 Å². The molecule has 2 heterocycles. The summed E-state index contributed by atoms with van der Waals surface area (Å²) >= 11 is 0. The van der Waals surface area contributed by atoms with Gasteiger partial charge in [0.05, 0.1) is 25.3 Å². The van der Waals surface area contributed by atoms with Gasteiger partial charge in [0.2, 0.25) is 0 Å². The van der Waals surface area contributed by atoms with E-state index in [1.165, 1.54) is 0 Å². The molecule has 4 nitrogen and oxygen atoms in total. The van der Waals surface area contributed by atoms with Gasteiger partial charge in [-0.15, -0.1) is 0 Å². The molecule has 2 atom stereocenters. The smallest absolute Gasteiger partial charge is 0.322 e. The summed E-state index contributed by atoms with van der Waals surface area (Å²) in [6.07, 6.45) is 0. The fourth-order valence-corrected chi connectivity index (χ4v) is 2.04. The highest BCUT2D eigenvalue weighted by atomic mass is 16.5. The average molecular weight is 204 g/mol. The minimum atomic E-state index is -0.0144. The number of fused-ring (bicyclic) bond motifs is 1. The SMILES string of the molecule is O=C(Nc1ccccc1)N1C2COCC21. The van der Waals surface area contributed by atoms with Crippen molar-refractivity contribution in [3.05, 3.63) is 30.3 Å². The number of rotatable bonds is 1. The number of carbonyl (C=O) groups excluding carboxylic acids is 1. The van der Waals surface area contributed by atoms with Gasteiger partial charge in [-0.1, -0.05) is 18.2 Å². The van der Waals surface area contributed by atoms with Gasteiger partial charge in [0.1, 0.15) is 0 Å². The molecule has 4 heteroatoms. The summed E-state index contributed by atoms with van der Waals surface area (Å²) in [5.41, 5.74) is 0.841. The van der Waals surface area contributed by atoms with E-state index in [0.717, 1.165) is 5.69 Å². The molecule has 0 spiro atoms. The van der Waals surface area contributed by atoms with Gasteiger partial charge in [0, 0.05) is 5.69 Å². The molecule has 2 amide bonds. The van der Waals surface area contributed by atoms with Gasteiger partial charge in [0.25, 0.3) is 0 Å². The van der Waals surface area contributed by atoms with Crippen molar-refractivity contribution in [3.8, 4) is 0 Å². The van der Waals surface area contributed by atoms with Gasteiger partial charge < -0.3 is 15.0 Å². The number of nitrogens with zero attached hydrogens (tertiary/aromatic N) is 1. The number of ether oxygens (including phenoxy) is 1. The zero-order chi connectivity index (χ0) is 10.3. The molecule has 0 saturated carbocycles. The second-order valence-corrected chi connectivity index (χ2v) is 3.88. The summed E-state index contributed by atoms with van der Waals surface area (Å²) in [6.45, 7) is 1.37. The Hall–Kier alpha value is -1.55. The van der Waals surface area contributed by atoms with Crippen molar-refractivity contribution in [1.82, 2.24) is 4.90 Å². The first kappa shape index (κ1) is 8.73. The van der Waals surface area contributed by atoms with E-state index in [1.54, 1.807) is 0 Å². The van der Waals surface area contributed by atoms with Crippen molar-refractivity contribution in [2.24, 2.45) is 0 Å². The van der Waals surface area contributed by atoms with E-state index >= 15 is 0 Å². The number of anilines is 1. The summed E-state index contributed by atoms with van der Waals surface area (Å²) in [5, 5.41) is 2.86. The second kappa shape index (κ2) is 3.24. The van der Waals surface area contributed by atoms with Gasteiger partial charge in [-0.2, -0.15) is 0 Å². The predicted octanol–water partition coefficient (Wildman–Crippen LogP) is 1.30. The predicted molar refractivity (Wildman–Crippen MR) is 55.7 cm³/mol. The second-order valence-electron chi connectivity index (χ2n) is 3.88. The maximum atomic E-state index is 11.7. The zero-order valence-corrected chi connectivity index (χ0v) is 8.22. The van der Waals surface area contributed by atoms with E-state index in [2.05, 4.69) is 5.32 Å². The molecular weight excluding hydrogens is 192 g/mol. The van der Waals surface area contributed by atoms with Crippen LogP contribution in [0.4, 0.5) is 10.5 Å². The van der Waals surface area contributed by atoms with Crippen LogP contribution in [0.3, 0.4) is 0 Å². The van der Waals surface area contributed by atoms with Crippen LogP contribution in [-0.2, 0) is 4.74 Å². The Bertz CT molecular complexity index is 369.